The van der Waals surface area contributed by atoms with E-state index >= 15 is 0 Å². The van der Waals surface area contributed by atoms with E-state index in [0.717, 1.165) is 57.0 Å². The number of unbranched alkanes of at least 4 members (excludes halogenated alkanes) is 1. The third kappa shape index (κ3) is 7.16. The number of benzene rings is 1. The van der Waals surface area contributed by atoms with Gasteiger partial charge in [0.05, 0.1) is 19.8 Å². The number of Topliss-reactive ketones (excluding diaryl/α,β-unsaturated/α-hetero) is 1. The molecule has 0 saturated carbocycles. The maximum atomic E-state index is 11.6. The van der Waals surface area contributed by atoms with Crippen molar-refractivity contribution in [1.29, 1.82) is 0 Å². The van der Waals surface area contributed by atoms with Crippen LogP contribution in [0.5, 0.6) is 5.75 Å². The molecule has 1 aromatic carbocycles. The molecule has 1 aliphatic rings. The highest BCUT2D eigenvalue weighted by atomic mass is 35.5. The molecule has 1 aromatic rings. The Kier molecular flexibility index (Phi) is 10.4. The number of aliphatic hydroxyl groups excluding tert-OH is 1. The quantitative estimate of drug-likeness (QED) is 0.390. The number of allylic oxidation sites excluding steroid dienone is 1. The lowest BCUT2D eigenvalue weighted by molar-refractivity contribution is 0.0368. The van der Waals surface area contributed by atoms with Crippen molar-refractivity contribution >= 4 is 18.2 Å². The molecule has 0 aliphatic carbocycles. The van der Waals surface area contributed by atoms with Gasteiger partial charge in [0.1, 0.15) is 12.4 Å². The van der Waals surface area contributed by atoms with Crippen LogP contribution in [0.15, 0.2) is 30.9 Å². The standard InChI is InChI=1S/C19H27NO4.ClH/c1-2-5-17-14-16(18(22)15-21)6-7-19(17)24-11-4-3-8-20-9-12-23-13-10-20;/h2,6-7,14,21H,1,3-5,8-13,15H2;1H. The number of carbonyl (C=O) groups excluding carboxylic acids is 1. The van der Waals surface area contributed by atoms with Gasteiger partial charge in [0.15, 0.2) is 5.78 Å². The Bertz CT molecular complexity index is 544. The summed E-state index contributed by atoms with van der Waals surface area (Å²) in [5.41, 5.74) is 1.44. The van der Waals surface area contributed by atoms with Gasteiger partial charge in [0.2, 0.25) is 0 Å². The maximum Gasteiger partial charge on any atom is 0.188 e. The zero-order valence-electron chi connectivity index (χ0n) is 14.6. The number of ether oxygens (including phenoxy) is 2. The van der Waals surface area contributed by atoms with E-state index in [9.17, 15) is 4.79 Å². The second-order valence-electron chi connectivity index (χ2n) is 5.91. The average Bonchev–Trinajstić information content (AvgIpc) is 2.63. The molecule has 6 heteroatoms. The molecule has 0 atom stereocenters. The highest BCUT2D eigenvalue weighted by Crippen LogP contribution is 2.22. The molecule has 1 fully saturated rings. The second-order valence-corrected chi connectivity index (χ2v) is 5.91. The van der Waals surface area contributed by atoms with E-state index in [2.05, 4.69) is 11.5 Å². The molecule has 1 saturated heterocycles. The third-order valence-electron chi connectivity index (χ3n) is 4.12. The SMILES string of the molecule is C=CCc1cc(C(=O)CO)ccc1OCCCCN1CCOCC1.Cl. The Labute approximate surface area is 156 Å². The van der Waals surface area contributed by atoms with E-state index in [-0.39, 0.29) is 18.2 Å². The van der Waals surface area contributed by atoms with Gasteiger partial charge in [-0.15, -0.1) is 19.0 Å². The molecule has 1 heterocycles. The van der Waals surface area contributed by atoms with Gasteiger partial charge in [0, 0.05) is 18.7 Å². The second kappa shape index (κ2) is 12.0. The van der Waals surface area contributed by atoms with Crippen LogP contribution in [0, 0.1) is 0 Å². The fourth-order valence-electron chi connectivity index (χ4n) is 2.74. The Morgan fingerprint density at radius 3 is 2.76 bits per heavy atom. The monoisotopic (exact) mass is 369 g/mol. The smallest absolute Gasteiger partial charge is 0.188 e. The van der Waals surface area contributed by atoms with Gasteiger partial charge in [-0.2, -0.15) is 0 Å². The number of hydrogen-bond acceptors (Lipinski definition) is 5. The lowest BCUT2D eigenvalue weighted by Crippen LogP contribution is -2.36. The molecule has 0 bridgehead atoms. The molecule has 0 amide bonds. The summed E-state index contributed by atoms with van der Waals surface area (Å²) in [7, 11) is 0. The van der Waals surface area contributed by atoms with Crippen molar-refractivity contribution in [3.63, 3.8) is 0 Å². The summed E-state index contributed by atoms with van der Waals surface area (Å²) < 4.78 is 11.2. The lowest BCUT2D eigenvalue weighted by atomic mass is 10.0. The van der Waals surface area contributed by atoms with Crippen molar-refractivity contribution in [3.8, 4) is 5.75 Å². The van der Waals surface area contributed by atoms with Crippen molar-refractivity contribution in [1.82, 2.24) is 4.90 Å². The largest absolute Gasteiger partial charge is 0.493 e. The minimum Gasteiger partial charge on any atom is -0.493 e. The molecule has 1 N–H and O–H groups in total. The van der Waals surface area contributed by atoms with Crippen LogP contribution in [0.25, 0.3) is 0 Å². The molecule has 0 spiro atoms. The number of carbonyl (C=O) groups is 1. The third-order valence-corrected chi connectivity index (χ3v) is 4.12. The lowest BCUT2D eigenvalue weighted by Gasteiger charge is -2.26. The van der Waals surface area contributed by atoms with Crippen molar-refractivity contribution in [3.05, 3.63) is 42.0 Å². The predicted octanol–water partition coefficient (Wildman–Crippen LogP) is 2.50. The van der Waals surface area contributed by atoms with Gasteiger partial charge in [-0.3, -0.25) is 9.69 Å². The number of rotatable bonds is 10. The van der Waals surface area contributed by atoms with Crippen LogP contribution in [0.4, 0.5) is 0 Å². The minimum absolute atomic E-state index is 0. The number of halogens is 1. The van der Waals surface area contributed by atoms with E-state index in [4.69, 9.17) is 14.6 Å². The van der Waals surface area contributed by atoms with Gasteiger partial charge in [-0.25, -0.2) is 0 Å². The topological polar surface area (TPSA) is 59.0 Å². The Balaban J connectivity index is 0.00000312. The number of hydrogen-bond donors (Lipinski definition) is 1. The van der Waals surface area contributed by atoms with Crippen LogP contribution in [0.2, 0.25) is 0 Å². The molecule has 0 radical (unpaired) electrons. The van der Waals surface area contributed by atoms with Crippen molar-refractivity contribution in [2.75, 3.05) is 46.1 Å². The number of aliphatic hydroxyl groups is 1. The first-order valence-electron chi connectivity index (χ1n) is 8.55. The summed E-state index contributed by atoms with van der Waals surface area (Å²) in [6, 6.07) is 5.29. The summed E-state index contributed by atoms with van der Waals surface area (Å²) in [5, 5.41) is 8.97. The summed E-state index contributed by atoms with van der Waals surface area (Å²) in [6.45, 7) is 8.71. The summed E-state index contributed by atoms with van der Waals surface area (Å²) in [4.78, 5) is 14.0. The first-order valence-corrected chi connectivity index (χ1v) is 8.55. The highest BCUT2D eigenvalue weighted by molar-refractivity contribution is 5.97. The van der Waals surface area contributed by atoms with Crippen LogP contribution in [-0.2, 0) is 11.2 Å². The molecule has 2 rings (SSSR count). The normalized spacial score (nSPS) is 14.6. The van der Waals surface area contributed by atoms with Crippen LogP contribution >= 0.6 is 12.4 Å². The number of morpholine rings is 1. The van der Waals surface area contributed by atoms with Gasteiger partial charge in [-0.05, 0) is 49.6 Å². The van der Waals surface area contributed by atoms with Crippen molar-refractivity contribution in [2.24, 2.45) is 0 Å². The maximum absolute atomic E-state index is 11.6. The molecular weight excluding hydrogens is 342 g/mol. The molecular formula is C19H28ClNO4. The fraction of sp³-hybridized carbons (Fsp3) is 0.526. The highest BCUT2D eigenvalue weighted by Gasteiger charge is 2.11. The van der Waals surface area contributed by atoms with Crippen LogP contribution < -0.4 is 4.74 Å². The minimum atomic E-state index is -0.477. The van der Waals surface area contributed by atoms with E-state index in [1.54, 1.807) is 18.2 Å². The molecule has 0 aromatic heterocycles. The van der Waals surface area contributed by atoms with Gasteiger partial charge in [0.25, 0.3) is 0 Å². The van der Waals surface area contributed by atoms with E-state index in [0.29, 0.717) is 18.6 Å². The summed E-state index contributed by atoms with van der Waals surface area (Å²) in [6.07, 6.45) is 4.50. The summed E-state index contributed by atoms with van der Waals surface area (Å²) >= 11 is 0. The Hall–Kier alpha value is -1.40. The van der Waals surface area contributed by atoms with Crippen molar-refractivity contribution < 1.29 is 19.4 Å². The molecule has 25 heavy (non-hydrogen) atoms. The first kappa shape index (κ1) is 21.6. The summed E-state index contributed by atoms with van der Waals surface area (Å²) in [5.74, 6) is 0.508. The van der Waals surface area contributed by atoms with E-state index in [1.807, 2.05) is 6.07 Å². The van der Waals surface area contributed by atoms with Crippen LogP contribution in [0.3, 0.4) is 0 Å². The first-order chi connectivity index (χ1) is 11.7. The molecule has 140 valence electrons. The molecule has 1 aliphatic heterocycles. The zero-order valence-corrected chi connectivity index (χ0v) is 15.4. The Morgan fingerprint density at radius 2 is 2.08 bits per heavy atom. The van der Waals surface area contributed by atoms with E-state index < -0.39 is 6.61 Å². The molecule has 0 unspecified atom stereocenters. The van der Waals surface area contributed by atoms with E-state index in [1.165, 1.54) is 0 Å². The van der Waals surface area contributed by atoms with Crippen LogP contribution in [-0.4, -0.2) is 61.9 Å². The van der Waals surface area contributed by atoms with Crippen molar-refractivity contribution in [2.45, 2.75) is 19.3 Å². The average molecular weight is 370 g/mol. The van der Waals surface area contributed by atoms with Gasteiger partial charge < -0.3 is 14.6 Å². The number of nitrogens with zero attached hydrogens (tertiary/aromatic N) is 1. The fourth-order valence-corrected chi connectivity index (χ4v) is 2.74. The predicted molar refractivity (Wildman–Crippen MR) is 101 cm³/mol. The number of ketones is 1. The Morgan fingerprint density at radius 1 is 1.32 bits per heavy atom. The van der Waals surface area contributed by atoms with Crippen LogP contribution in [0.1, 0.15) is 28.8 Å². The molecule has 5 nitrogen and oxygen atoms in total. The van der Waals surface area contributed by atoms with Gasteiger partial charge >= 0.3 is 0 Å². The zero-order chi connectivity index (χ0) is 17.2. The van der Waals surface area contributed by atoms with Gasteiger partial charge in [-0.1, -0.05) is 6.08 Å².